The molecule has 4 nitrogen and oxygen atoms in total. The molecular weight excluding hydrogens is 340 g/mol. The van der Waals surface area contributed by atoms with Gasteiger partial charge in [0.2, 0.25) is 10.0 Å². The zero-order chi connectivity index (χ0) is 15.6. The van der Waals surface area contributed by atoms with E-state index in [0.717, 1.165) is 6.07 Å². The second-order valence-corrected chi connectivity index (χ2v) is 6.71. The van der Waals surface area contributed by atoms with Crippen LogP contribution in [0.3, 0.4) is 0 Å². The van der Waals surface area contributed by atoms with Gasteiger partial charge in [0.1, 0.15) is 5.75 Å². The second-order valence-electron chi connectivity index (χ2n) is 3.98. The third kappa shape index (κ3) is 3.65. The summed E-state index contributed by atoms with van der Waals surface area (Å²) in [7, 11) is -2.32. The average molecular weight is 350 g/mol. The van der Waals surface area contributed by atoms with Gasteiger partial charge in [0, 0.05) is 5.02 Å². The Morgan fingerprint density at radius 1 is 1.10 bits per heavy atom. The zero-order valence-electron chi connectivity index (χ0n) is 10.7. The van der Waals surface area contributed by atoms with E-state index in [1.54, 1.807) is 0 Å². The van der Waals surface area contributed by atoms with Gasteiger partial charge < -0.3 is 4.74 Å². The van der Waals surface area contributed by atoms with Gasteiger partial charge in [-0.1, -0.05) is 23.2 Å². The maximum absolute atomic E-state index is 13.6. The summed E-state index contributed by atoms with van der Waals surface area (Å²) in [6, 6.07) is 7.79. The molecule has 0 amide bonds. The fourth-order valence-electron chi connectivity index (χ4n) is 1.53. The van der Waals surface area contributed by atoms with Crippen molar-refractivity contribution in [3.05, 3.63) is 52.3 Å². The van der Waals surface area contributed by atoms with E-state index in [0.29, 0.717) is 0 Å². The third-order valence-electron chi connectivity index (χ3n) is 2.60. The van der Waals surface area contributed by atoms with Crippen molar-refractivity contribution in [1.82, 2.24) is 4.72 Å². The number of halogens is 3. The van der Waals surface area contributed by atoms with E-state index in [9.17, 15) is 12.8 Å². The Bertz CT molecular complexity index is 781. The first-order valence-corrected chi connectivity index (χ1v) is 7.93. The van der Waals surface area contributed by atoms with E-state index in [2.05, 4.69) is 4.72 Å². The van der Waals surface area contributed by atoms with Gasteiger partial charge in [0.05, 0.1) is 9.92 Å². The normalized spacial score (nSPS) is 11.4. The molecule has 0 heterocycles. The topological polar surface area (TPSA) is 55.4 Å². The van der Waals surface area contributed by atoms with Crippen LogP contribution in [0.25, 0.3) is 0 Å². The van der Waals surface area contributed by atoms with Crippen LogP contribution in [0.4, 0.5) is 4.39 Å². The van der Waals surface area contributed by atoms with Crippen molar-refractivity contribution in [1.29, 1.82) is 0 Å². The number of hydrogen-bond donors (Lipinski definition) is 1. The highest BCUT2D eigenvalue weighted by molar-refractivity contribution is 7.89. The minimum atomic E-state index is -3.61. The molecule has 0 radical (unpaired) electrons. The lowest BCUT2D eigenvalue weighted by Gasteiger charge is -2.10. The van der Waals surface area contributed by atoms with Crippen LogP contribution in [0.1, 0.15) is 0 Å². The molecule has 0 aliphatic carbocycles. The average Bonchev–Trinajstić information content (AvgIpc) is 2.43. The van der Waals surface area contributed by atoms with Crippen molar-refractivity contribution < 1.29 is 17.5 Å². The minimum Gasteiger partial charge on any atom is -0.453 e. The molecule has 0 saturated heterocycles. The van der Waals surface area contributed by atoms with Gasteiger partial charge in [-0.15, -0.1) is 0 Å². The molecule has 8 heteroatoms. The van der Waals surface area contributed by atoms with E-state index < -0.39 is 15.8 Å². The summed E-state index contributed by atoms with van der Waals surface area (Å²) in [5.41, 5.74) is 0. The molecule has 1 N–H and O–H groups in total. The Labute approximate surface area is 131 Å². The van der Waals surface area contributed by atoms with Crippen LogP contribution in [0.2, 0.25) is 10.0 Å². The molecule has 0 bridgehead atoms. The Morgan fingerprint density at radius 2 is 1.76 bits per heavy atom. The molecular formula is C13H10Cl2FNO3S. The molecule has 2 rings (SSSR count). The first kappa shape index (κ1) is 16.0. The molecule has 21 heavy (non-hydrogen) atoms. The molecule has 0 saturated carbocycles. The highest BCUT2D eigenvalue weighted by atomic mass is 35.5. The maximum Gasteiger partial charge on any atom is 0.240 e. The standard InChI is InChI=1S/C13H10Cl2FNO3S/c1-17-21(18,19)9-3-5-12(10(15)7-9)20-13-4-2-8(14)6-11(13)16/h2-7,17H,1H3. The molecule has 0 fully saturated rings. The Balaban J connectivity index is 2.34. The lowest BCUT2D eigenvalue weighted by molar-refractivity contribution is 0.442. The van der Waals surface area contributed by atoms with Gasteiger partial charge in [-0.05, 0) is 43.4 Å². The summed E-state index contributed by atoms with van der Waals surface area (Å²) in [6.45, 7) is 0. The van der Waals surface area contributed by atoms with Crippen LogP contribution in [-0.4, -0.2) is 15.5 Å². The molecule has 0 atom stereocenters. The second kappa shape index (κ2) is 6.19. The number of sulfonamides is 1. The summed E-state index contributed by atoms with van der Waals surface area (Å²) in [6.07, 6.45) is 0. The fraction of sp³-hybridized carbons (Fsp3) is 0.0769. The van der Waals surface area contributed by atoms with E-state index in [4.69, 9.17) is 27.9 Å². The molecule has 2 aromatic rings. The molecule has 112 valence electrons. The van der Waals surface area contributed by atoms with Gasteiger partial charge in [-0.25, -0.2) is 17.5 Å². The largest absolute Gasteiger partial charge is 0.453 e. The molecule has 2 aromatic carbocycles. The number of hydrogen-bond acceptors (Lipinski definition) is 3. The van der Waals surface area contributed by atoms with E-state index in [1.807, 2.05) is 0 Å². The van der Waals surface area contributed by atoms with Crippen LogP contribution >= 0.6 is 23.2 Å². The smallest absolute Gasteiger partial charge is 0.240 e. The number of rotatable bonds is 4. The lowest BCUT2D eigenvalue weighted by Crippen LogP contribution is -2.18. The summed E-state index contributed by atoms with van der Waals surface area (Å²) in [4.78, 5) is -0.0149. The minimum absolute atomic E-state index is 0.0149. The fourth-order valence-corrected chi connectivity index (χ4v) is 2.72. The van der Waals surface area contributed by atoms with Crippen LogP contribution < -0.4 is 9.46 Å². The van der Waals surface area contributed by atoms with E-state index in [1.165, 1.54) is 37.4 Å². The molecule has 0 aliphatic rings. The zero-order valence-corrected chi connectivity index (χ0v) is 13.1. The SMILES string of the molecule is CNS(=O)(=O)c1ccc(Oc2ccc(Cl)cc2F)c(Cl)c1. The van der Waals surface area contributed by atoms with Crippen LogP contribution in [0, 0.1) is 5.82 Å². The van der Waals surface area contributed by atoms with Gasteiger partial charge >= 0.3 is 0 Å². The highest BCUT2D eigenvalue weighted by Crippen LogP contribution is 2.33. The van der Waals surface area contributed by atoms with Crippen molar-refractivity contribution in [3.8, 4) is 11.5 Å². The van der Waals surface area contributed by atoms with Crippen molar-refractivity contribution in [3.63, 3.8) is 0 Å². The molecule has 0 aliphatic heterocycles. The summed E-state index contributed by atoms with van der Waals surface area (Å²) >= 11 is 11.6. The number of benzene rings is 2. The molecule has 0 aromatic heterocycles. The maximum atomic E-state index is 13.6. The summed E-state index contributed by atoms with van der Waals surface area (Å²) in [5, 5.41) is 0.280. The monoisotopic (exact) mass is 349 g/mol. The van der Waals surface area contributed by atoms with Crippen LogP contribution in [0.5, 0.6) is 11.5 Å². The van der Waals surface area contributed by atoms with E-state index >= 15 is 0 Å². The van der Waals surface area contributed by atoms with Crippen molar-refractivity contribution in [2.24, 2.45) is 0 Å². The predicted molar refractivity (Wildman–Crippen MR) is 79.2 cm³/mol. The van der Waals surface area contributed by atoms with Crippen molar-refractivity contribution >= 4 is 33.2 Å². The highest BCUT2D eigenvalue weighted by Gasteiger charge is 2.15. The third-order valence-corrected chi connectivity index (χ3v) is 4.54. The van der Waals surface area contributed by atoms with Crippen molar-refractivity contribution in [2.75, 3.05) is 7.05 Å². The molecule has 0 unspecified atom stereocenters. The first-order valence-electron chi connectivity index (χ1n) is 5.69. The van der Waals surface area contributed by atoms with Crippen LogP contribution in [-0.2, 0) is 10.0 Å². The Morgan fingerprint density at radius 3 is 2.33 bits per heavy atom. The predicted octanol–water partition coefficient (Wildman–Crippen LogP) is 3.83. The van der Waals surface area contributed by atoms with Gasteiger partial charge in [-0.2, -0.15) is 0 Å². The quantitative estimate of drug-likeness (QED) is 0.912. The van der Waals surface area contributed by atoms with Crippen LogP contribution in [0.15, 0.2) is 41.3 Å². The Kier molecular flexibility index (Phi) is 4.73. The van der Waals surface area contributed by atoms with Gasteiger partial charge in [-0.3, -0.25) is 0 Å². The lowest BCUT2D eigenvalue weighted by atomic mass is 10.3. The first-order chi connectivity index (χ1) is 9.83. The van der Waals surface area contributed by atoms with Crippen molar-refractivity contribution in [2.45, 2.75) is 4.90 Å². The molecule has 0 spiro atoms. The summed E-state index contributed by atoms with van der Waals surface area (Å²) < 4.78 is 44.4. The number of ether oxygens (including phenoxy) is 1. The van der Waals surface area contributed by atoms with Gasteiger partial charge in [0.25, 0.3) is 0 Å². The van der Waals surface area contributed by atoms with Gasteiger partial charge in [0.15, 0.2) is 11.6 Å². The summed E-state index contributed by atoms with van der Waals surface area (Å²) in [5.74, 6) is -0.580. The Hall–Kier alpha value is -1.34. The number of nitrogens with one attached hydrogen (secondary N) is 1. The van der Waals surface area contributed by atoms with E-state index in [-0.39, 0.29) is 26.4 Å².